The monoisotopic (exact) mass is 291 g/mol. The van der Waals surface area contributed by atoms with Crippen LogP contribution in [0.4, 0.5) is 13.2 Å². The third kappa shape index (κ3) is 4.77. The zero-order chi connectivity index (χ0) is 15.3. The van der Waals surface area contributed by atoms with Crippen molar-refractivity contribution in [3.05, 3.63) is 35.4 Å². The smallest absolute Gasteiger partial charge is 0.395 e. The molecule has 0 fully saturated rings. The molecule has 1 unspecified atom stereocenters. The lowest BCUT2D eigenvalue weighted by Crippen LogP contribution is -2.39. The highest BCUT2D eigenvalue weighted by Gasteiger charge is 2.30. The van der Waals surface area contributed by atoms with E-state index in [9.17, 15) is 18.3 Å². The standard InChI is InChI=1S/C14H20F3NO2/c1-9(2)12(8-19)18-7-13(20)10-4-3-5-11(6-10)14(15,16)17/h3-6,9,12-13,18-20H,7-8H2,1-2H3/t12-,13?/m1/s1. The van der Waals surface area contributed by atoms with E-state index in [2.05, 4.69) is 5.32 Å². The van der Waals surface area contributed by atoms with Crippen LogP contribution in [0.15, 0.2) is 24.3 Å². The van der Waals surface area contributed by atoms with Crippen LogP contribution in [-0.2, 0) is 6.18 Å². The molecule has 1 aromatic carbocycles. The van der Waals surface area contributed by atoms with E-state index in [1.54, 1.807) is 0 Å². The zero-order valence-electron chi connectivity index (χ0n) is 11.5. The van der Waals surface area contributed by atoms with Gasteiger partial charge < -0.3 is 15.5 Å². The third-order valence-corrected chi connectivity index (χ3v) is 3.17. The lowest BCUT2D eigenvalue weighted by Gasteiger charge is -2.22. The molecule has 0 radical (unpaired) electrons. The van der Waals surface area contributed by atoms with E-state index in [1.807, 2.05) is 13.8 Å². The van der Waals surface area contributed by atoms with Gasteiger partial charge in [0, 0.05) is 12.6 Å². The van der Waals surface area contributed by atoms with Gasteiger partial charge in [-0.05, 0) is 23.6 Å². The fourth-order valence-corrected chi connectivity index (χ4v) is 1.81. The molecule has 0 spiro atoms. The lowest BCUT2D eigenvalue weighted by atomic mass is 10.0. The molecular weight excluding hydrogens is 271 g/mol. The molecule has 0 heterocycles. The first-order valence-electron chi connectivity index (χ1n) is 6.45. The Morgan fingerprint density at radius 3 is 2.40 bits per heavy atom. The number of aliphatic hydroxyl groups excluding tert-OH is 2. The predicted octanol–water partition coefficient (Wildman–Crippen LogP) is 2.35. The summed E-state index contributed by atoms with van der Waals surface area (Å²) in [6.45, 7) is 3.81. The molecular formula is C14H20F3NO2. The lowest BCUT2D eigenvalue weighted by molar-refractivity contribution is -0.137. The Morgan fingerprint density at radius 1 is 1.25 bits per heavy atom. The normalized spacial score (nSPS) is 15.4. The SMILES string of the molecule is CC(C)[C@@H](CO)NCC(O)c1cccc(C(F)(F)F)c1. The summed E-state index contributed by atoms with van der Waals surface area (Å²) in [5.74, 6) is 0.161. The first kappa shape index (κ1) is 16.9. The summed E-state index contributed by atoms with van der Waals surface area (Å²) in [6, 6.07) is 4.43. The van der Waals surface area contributed by atoms with Crippen LogP contribution in [0.25, 0.3) is 0 Å². The molecule has 20 heavy (non-hydrogen) atoms. The number of benzene rings is 1. The van der Waals surface area contributed by atoms with Crippen molar-refractivity contribution >= 4 is 0 Å². The van der Waals surface area contributed by atoms with Gasteiger partial charge in [-0.15, -0.1) is 0 Å². The van der Waals surface area contributed by atoms with Crippen LogP contribution in [0.2, 0.25) is 0 Å². The predicted molar refractivity (Wildman–Crippen MR) is 70.1 cm³/mol. The van der Waals surface area contributed by atoms with Crippen molar-refractivity contribution in [2.24, 2.45) is 5.92 Å². The minimum absolute atomic E-state index is 0.0880. The molecule has 6 heteroatoms. The van der Waals surface area contributed by atoms with Crippen molar-refractivity contribution in [1.29, 1.82) is 0 Å². The highest BCUT2D eigenvalue weighted by atomic mass is 19.4. The maximum Gasteiger partial charge on any atom is 0.416 e. The van der Waals surface area contributed by atoms with E-state index >= 15 is 0 Å². The first-order chi connectivity index (χ1) is 9.25. The van der Waals surface area contributed by atoms with Crippen molar-refractivity contribution < 1.29 is 23.4 Å². The van der Waals surface area contributed by atoms with Crippen LogP contribution >= 0.6 is 0 Å². The Morgan fingerprint density at radius 2 is 1.90 bits per heavy atom. The molecule has 0 bridgehead atoms. The number of alkyl halides is 3. The molecule has 0 aromatic heterocycles. The Kier molecular flexibility index (Phi) is 5.98. The minimum atomic E-state index is -4.42. The molecule has 0 amide bonds. The van der Waals surface area contributed by atoms with Crippen LogP contribution in [0.3, 0.4) is 0 Å². The van der Waals surface area contributed by atoms with Crippen LogP contribution in [0, 0.1) is 5.92 Å². The second-order valence-electron chi connectivity index (χ2n) is 5.08. The largest absolute Gasteiger partial charge is 0.416 e. The molecule has 0 aliphatic rings. The molecule has 3 N–H and O–H groups in total. The third-order valence-electron chi connectivity index (χ3n) is 3.17. The van der Waals surface area contributed by atoms with Crippen molar-refractivity contribution in [1.82, 2.24) is 5.32 Å². The minimum Gasteiger partial charge on any atom is -0.395 e. The topological polar surface area (TPSA) is 52.5 Å². The van der Waals surface area contributed by atoms with Crippen LogP contribution in [-0.4, -0.2) is 29.4 Å². The van der Waals surface area contributed by atoms with E-state index in [0.29, 0.717) is 0 Å². The number of hydrogen-bond donors (Lipinski definition) is 3. The van der Waals surface area contributed by atoms with Crippen molar-refractivity contribution in [2.75, 3.05) is 13.2 Å². The van der Waals surface area contributed by atoms with E-state index in [4.69, 9.17) is 5.11 Å². The van der Waals surface area contributed by atoms with Gasteiger partial charge in [0.05, 0.1) is 18.3 Å². The van der Waals surface area contributed by atoms with Gasteiger partial charge in [0.2, 0.25) is 0 Å². The van der Waals surface area contributed by atoms with Gasteiger partial charge in [0.15, 0.2) is 0 Å². The van der Waals surface area contributed by atoms with E-state index < -0.39 is 17.8 Å². The summed E-state index contributed by atoms with van der Waals surface area (Å²) in [5, 5.41) is 22.0. The summed E-state index contributed by atoms with van der Waals surface area (Å²) in [5.41, 5.74) is -0.579. The van der Waals surface area contributed by atoms with Crippen LogP contribution < -0.4 is 5.32 Å². The Balaban J connectivity index is 2.70. The molecule has 0 saturated heterocycles. The highest BCUT2D eigenvalue weighted by molar-refractivity contribution is 5.27. The van der Waals surface area contributed by atoms with Gasteiger partial charge in [-0.2, -0.15) is 13.2 Å². The molecule has 0 saturated carbocycles. The Hall–Kier alpha value is -1.11. The fraction of sp³-hybridized carbons (Fsp3) is 0.571. The average molecular weight is 291 g/mol. The quantitative estimate of drug-likeness (QED) is 0.754. The number of rotatable bonds is 6. The molecule has 1 rings (SSSR count). The number of halogens is 3. The second-order valence-corrected chi connectivity index (χ2v) is 5.08. The average Bonchev–Trinajstić information content (AvgIpc) is 2.38. The fourth-order valence-electron chi connectivity index (χ4n) is 1.81. The van der Waals surface area contributed by atoms with E-state index in [1.165, 1.54) is 12.1 Å². The van der Waals surface area contributed by atoms with E-state index in [-0.39, 0.29) is 30.7 Å². The molecule has 1 aromatic rings. The summed E-state index contributed by atoms with van der Waals surface area (Å²) >= 11 is 0. The van der Waals surface area contributed by atoms with Gasteiger partial charge in [-0.25, -0.2) is 0 Å². The Labute approximate surface area is 116 Å². The maximum absolute atomic E-state index is 12.6. The van der Waals surface area contributed by atoms with Gasteiger partial charge in [-0.3, -0.25) is 0 Å². The number of nitrogens with one attached hydrogen (secondary N) is 1. The van der Waals surface area contributed by atoms with Crippen LogP contribution in [0.5, 0.6) is 0 Å². The van der Waals surface area contributed by atoms with Crippen molar-refractivity contribution in [3.8, 4) is 0 Å². The van der Waals surface area contributed by atoms with Crippen LogP contribution in [0.1, 0.15) is 31.1 Å². The maximum atomic E-state index is 12.6. The Bertz CT molecular complexity index is 421. The van der Waals surface area contributed by atoms with Crippen molar-refractivity contribution in [3.63, 3.8) is 0 Å². The number of hydrogen-bond acceptors (Lipinski definition) is 3. The van der Waals surface area contributed by atoms with Gasteiger partial charge in [0.1, 0.15) is 0 Å². The molecule has 114 valence electrons. The summed E-state index contributed by atoms with van der Waals surface area (Å²) < 4.78 is 37.7. The summed E-state index contributed by atoms with van der Waals surface area (Å²) in [4.78, 5) is 0. The van der Waals surface area contributed by atoms with Gasteiger partial charge >= 0.3 is 6.18 Å². The number of aliphatic hydroxyl groups is 2. The van der Waals surface area contributed by atoms with E-state index in [0.717, 1.165) is 12.1 Å². The summed E-state index contributed by atoms with van der Waals surface area (Å²) in [6.07, 6.45) is -5.47. The molecule has 2 atom stereocenters. The highest BCUT2D eigenvalue weighted by Crippen LogP contribution is 2.30. The van der Waals surface area contributed by atoms with Gasteiger partial charge in [-0.1, -0.05) is 26.0 Å². The second kappa shape index (κ2) is 7.06. The first-order valence-corrected chi connectivity index (χ1v) is 6.45. The molecule has 0 aliphatic heterocycles. The molecule has 0 aliphatic carbocycles. The zero-order valence-corrected chi connectivity index (χ0v) is 11.5. The summed E-state index contributed by atoms with van der Waals surface area (Å²) in [7, 11) is 0. The van der Waals surface area contributed by atoms with Crippen molar-refractivity contribution in [2.45, 2.75) is 32.2 Å². The van der Waals surface area contributed by atoms with Gasteiger partial charge in [0.25, 0.3) is 0 Å². The molecule has 3 nitrogen and oxygen atoms in total.